The quantitative estimate of drug-likeness (QED) is 0.727. The zero-order valence-corrected chi connectivity index (χ0v) is 12.4. The molecular weight excluding hydrogens is 282 g/mol. The molecule has 4 heteroatoms. The molecule has 2 aliphatic heterocycles. The molecule has 0 amide bonds. The van der Waals surface area contributed by atoms with E-state index >= 15 is 0 Å². The second kappa shape index (κ2) is 6.50. The second-order valence-electron chi connectivity index (χ2n) is 5.59. The molecule has 2 saturated heterocycles. The smallest absolute Gasteiger partial charge is 0.0503 e. The van der Waals surface area contributed by atoms with Gasteiger partial charge < -0.3 is 14.4 Å². The van der Waals surface area contributed by atoms with E-state index in [1.165, 1.54) is 38.9 Å². The maximum Gasteiger partial charge on any atom is 0.0503 e. The van der Waals surface area contributed by atoms with E-state index in [9.17, 15) is 0 Å². The van der Waals surface area contributed by atoms with Crippen LogP contribution in [0.3, 0.4) is 0 Å². The lowest BCUT2D eigenvalue weighted by atomic mass is 9.82. The molecule has 0 aromatic rings. The van der Waals surface area contributed by atoms with E-state index in [1.807, 2.05) is 0 Å². The maximum atomic E-state index is 5.49. The summed E-state index contributed by atoms with van der Waals surface area (Å²) in [6, 6.07) is 0. The first-order valence-electron chi connectivity index (χ1n) is 6.63. The number of ether oxygens (including phenoxy) is 2. The van der Waals surface area contributed by atoms with Crippen molar-refractivity contribution in [2.75, 3.05) is 51.9 Å². The van der Waals surface area contributed by atoms with Gasteiger partial charge in [0.1, 0.15) is 0 Å². The van der Waals surface area contributed by atoms with E-state index in [2.05, 4.69) is 20.8 Å². The second-order valence-corrected chi connectivity index (χ2v) is 6.15. The summed E-state index contributed by atoms with van der Waals surface area (Å²) in [6.07, 6.45) is 3.69. The van der Waals surface area contributed by atoms with Gasteiger partial charge in [0, 0.05) is 38.7 Å². The molecule has 2 fully saturated rings. The van der Waals surface area contributed by atoms with Crippen molar-refractivity contribution in [1.29, 1.82) is 0 Å². The molecule has 0 aromatic heterocycles. The van der Waals surface area contributed by atoms with Crippen LogP contribution in [0, 0.1) is 11.3 Å². The van der Waals surface area contributed by atoms with Crippen LogP contribution in [0.4, 0.5) is 0 Å². The zero-order chi connectivity index (χ0) is 12.1. The predicted molar refractivity (Wildman–Crippen MR) is 72.7 cm³/mol. The predicted octanol–water partition coefficient (Wildman–Crippen LogP) is 2.15. The molecule has 2 rings (SSSR count). The van der Waals surface area contributed by atoms with Crippen LogP contribution >= 0.6 is 15.9 Å². The van der Waals surface area contributed by atoms with E-state index in [0.717, 1.165) is 31.1 Å². The van der Waals surface area contributed by atoms with Crippen LogP contribution in [-0.4, -0.2) is 56.8 Å². The molecule has 3 nitrogen and oxygen atoms in total. The standard InChI is InChI=1S/C13H24BrNO2/c1-16-9-12-2-5-15(8-12)11-13(10-14)3-6-17-7-4-13/h12H,2-11H2,1H3. The Hall–Kier alpha value is 0.360. The average molecular weight is 306 g/mol. The zero-order valence-electron chi connectivity index (χ0n) is 10.8. The summed E-state index contributed by atoms with van der Waals surface area (Å²) >= 11 is 3.71. The monoisotopic (exact) mass is 305 g/mol. The van der Waals surface area contributed by atoms with Crippen molar-refractivity contribution >= 4 is 15.9 Å². The molecule has 1 atom stereocenters. The molecule has 100 valence electrons. The van der Waals surface area contributed by atoms with E-state index in [4.69, 9.17) is 9.47 Å². The third kappa shape index (κ3) is 3.66. The number of hydrogen-bond donors (Lipinski definition) is 0. The van der Waals surface area contributed by atoms with Crippen LogP contribution < -0.4 is 0 Å². The Morgan fingerprint density at radius 2 is 2.18 bits per heavy atom. The van der Waals surface area contributed by atoms with Gasteiger partial charge in [-0.2, -0.15) is 0 Å². The molecule has 0 N–H and O–H groups in total. The molecule has 0 aliphatic carbocycles. The van der Waals surface area contributed by atoms with Crippen LogP contribution in [0.25, 0.3) is 0 Å². The van der Waals surface area contributed by atoms with Crippen LogP contribution in [0.15, 0.2) is 0 Å². The highest BCUT2D eigenvalue weighted by Gasteiger charge is 2.35. The van der Waals surface area contributed by atoms with Gasteiger partial charge >= 0.3 is 0 Å². The molecule has 0 saturated carbocycles. The number of halogens is 1. The Balaban J connectivity index is 1.83. The highest BCUT2D eigenvalue weighted by atomic mass is 79.9. The Bertz CT molecular complexity index is 231. The molecule has 1 unspecified atom stereocenters. The van der Waals surface area contributed by atoms with Crippen molar-refractivity contribution < 1.29 is 9.47 Å². The van der Waals surface area contributed by atoms with Gasteiger partial charge in [0.15, 0.2) is 0 Å². The van der Waals surface area contributed by atoms with Gasteiger partial charge in [-0.05, 0) is 37.1 Å². The molecule has 17 heavy (non-hydrogen) atoms. The van der Waals surface area contributed by atoms with Crippen LogP contribution in [0.5, 0.6) is 0 Å². The summed E-state index contributed by atoms with van der Waals surface area (Å²) in [5.41, 5.74) is 0.445. The third-order valence-electron chi connectivity index (χ3n) is 4.17. The van der Waals surface area contributed by atoms with Crippen molar-refractivity contribution in [3.63, 3.8) is 0 Å². The number of hydrogen-bond acceptors (Lipinski definition) is 3. The topological polar surface area (TPSA) is 21.7 Å². The molecule has 0 spiro atoms. The van der Waals surface area contributed by atoms with E-state index < -0.39 is 0 Å². The number of nitrogens with zero attached hydrogens (tertiary/aromatic N) is 1. The van der Waals surface area contributed by atoms with Crippen molar-refractivity contribution in [2.45, 2.75) is 19.3 Å². The van der Waals surface area contributed by atoms with Gasteiger partial charge in [-0.25, -0.2) is 0 Å². The summed E-state index contributed by atoms with van der Waals surface area (Å²) in [4.78, 5) is 2.62. The van der Waals surface area contributed by atoms with Gasteiger partial charge in [0.2, 0.25) is 0 Å². The summed E-state index contributed by atoms with van der Waals surface area (Å²) in [5.74, 6) is 0.743. The number of rotatable bonds is 5. The molecule has 2 heterocycles. The van der Waals surface area contributed by atoms with Gasteiger partial charge in [0.25, 0.3) is 0 Å². The minimum atomic E-state index is 0.445. The van der Waals surface area contributed by atoms with Gasteiger partial charge in [0.05, 0.1) is 6.61 Å². The maximum absolute atomic E-state index is 5.49. The van der Waals surface area contributed by atoms with E-state index in [1.54, 1.807) is 7.11 Å². The average Bonchev–Trinajstić information content (AvgIpc) is 2.78. The summed E-state index contributed by atoms with van der Waals surface area (Å²) in [5, 5.41) is 1.11. The Kier molecular flexibility index (Phi) is 5.27. The first kappa shape index (κ1) is 13.8. The lowest BCUT2D eigenvalue weighted by Gasteiger charge is -2.38. The fourth-order valence-electron chi connectivity index (χ4n) is 3.04. The number of likely N-dealkylation sites (tertiary alicyclic amines) is 1. The Labute approximate surface area is 113 Å². The minimum Gasteiger partial charge on any atom is -0.384 e. The first-order chi connectivity index (χ1) is 8.28. The number of methoxy groups -OCH3 is 1. The normalized spacial score (nSPS) is 29.6. The molecule has 0 radical (unpaired) electrons. The molecular formula is C13H24BrNO2. The third-order valence-corrected chi connectivity index (χ3v) is 5.36. The van der Waals surface area contributed by atoms with Crippen LogP contribution in [0.2, 0.25) is 0 Å². The van der Waals surface area contributed by atoms with Crippen molar-refractivity contribution in [1.82, 2.24) is 4.90 Å². The fraction of sp³-hybridized carbons (Fsp3) is 1.00. The lowest BCUT2D eigenvalue weighted by Crippen LogP contribution is -2.42. The minimum absolute atomic E-state index is 0.445. The SMILES string of the molecule is COCC1CCN(CC2(CBr)CCOCC2)C1. The summed E-state index contributed by atoms with van der Waals surface area (Å²) in [6.45, 7) is 6.46. The molecule has 2 aliphatic rings. The van der Waals surface area contributed by atoms with Crippen molar-refractivity contribution in [3.05, 3.63) is 0 Å². The number of alkyl halides is 1. The highest BCUT2D eigenvalue weighted by Crippen LogP contribution is 2.34. The van der Waals surface area contributed by atoms with Crippen LogP contribution in [-0.2, 0) is 9.47 Å². The van der Waals surface area contributed by atoms with E-state index in [0.29, 0.717) is 5.41 Å². The van der Waals surface area contributed by atoms with Crippen molar-refractivity contribution in [3.8, 4) is 0 Å². The van der Waals surface area contributed by atoms with Crippen LogP contribution in [0.1, 0.15) is 19.3 Å². The first-order valence-corrected chi connectivity index (χ1v) is 7.75. The lowest BCUT2D eigenvalue weighted by molar-refractivity contribution is 0.0106. The van der Waals surface area contributed by atoms with Crippen molar-refractivity contribution in [2.24, 2.45) is 11.3 Å². The summed E-state index contributed by atoms with van der Waals surface area (Å²) < 4.78 is 10.8. The Morgan fingerprint density at radius 3 is 2.82 bits per heavy atom. The largest absolute Gasteiger partial charge is 0.384 e. The molecule has 0 bridgehead atoms. The van der Waals surface area contributed by atoms with Gasteiger partial charge in [-0.3, -0.25) is 0 Å². The molecule has 0 aromatic carbocycles. The summed E-state index contributed by atoms with van der Waals surface area (Å²) in [7, 11) is 1.81. The van der Waals surface area contributed by atoms with Gasteiger partial charge in [-0.1, -0.05) is 15.9 Å². The fourth-order valence-corrected chi connectivity index (χ4v) is 3.78. The van der Waals surface area contributed by atoms with E-state index in [-0.39, 0.29) is 0 Å². The Morgan fingerprint density at radius 1 is 1.41 bits per heavy atom. The highest BCUT2D eigenvalue weighted by molar-refractivity contribution is 9.09. The van der Waals surface area contributed by atoms with Gasteiger partial charge in [-0.15, -0.1) is 0 Å².